The lowest BCUT2D eigenvalue weighted by atomic mass is 10.2. The fourth-order valence-corrected chi connectivity index (χ4v) is 1.62. The first-order valence-electron chi connectivity index (χ1n) is 5.46. The standard InChI is InChI=1S/C12H11N5O/c13-10-9-11(15-7-14-10)17-12(16-9)18-6-8-4-2-1-3-5-8/h1-5,7H,6H2,(H3,13,14,15,16,17). The molecule has 18 heavy (non-hydrogen) atoms. The van der Waals surface area contributed by atoms with Crippen LogP contribution in [-0.2, 0) is 6.61 Å². The number of anilines is 1. The van der Waals surface area contributed by atoms with Crippen molar-refractivity contribution in [3.8, 4) is 6.01 Å². The smallest absolute Gasteiger partial charge is 0.296 e. The van der Waals surface area contributed by atoms with Crippen molar-refractivity contribution in [3.63, 3.8) is 0 Å². The Morgan fingerprint density at radius 3 is 2.78 bits per heavy atom. The summed E-state index contributed by atoms with van der Waals surface area (Å²) >= 11 is 0. The molecule has 2 aromatic heterocycles. The summed E-state index contributed by atoms with van der Waals surface area (Å²) in [5.41, 5.74) is 7.87. The molecule has 3 aromatic rings. The number of nitrogens with zero attached hydrogens (tertiary/aromatic N) is 3. The zero-order valence-electron chi connectivity index (χ0n) is 9.50. The highest BCUT2D eigenvalue weighted by Crippen LogP contribution is 2.17. The Hall–Kier alpha value is -2.63. The van der Waals surface area contributed by atoms with E-state index in [1.54, 1.807) is 0 Å². The largest absolute Gasteiger partial charge is 0.460 e. The maximum Gasteiger partial charge on any atom is 0.296 e. The van der Waals surface area contributed by atoms with Crippen LogP contribution in [0.2, 0.25) is 0 Å². The second-order valence-corrected chi connectivity index (χ2v) is 3.77. The molecular weight excluding hydrogens is 230 g/mol. The van der Waals surface area contributed by atoms with Gasteiger partial charge in [-0.05, 0) is 5.56 Å². The fourth-order valence-electron chi connectivity index (χ4n) is 1.62. The summed E-state index contributed by atoms with van der Waals surface area (Å²) < 4.78 is 5.54. The van der Waals surface area contributed by atoms with Gasteiger partial charge in [0.1, 0.15) is 18.5 Å². The number of fused-ring (bicyclic) bond motifs is 1. The van der Waals surface area contributed by atoms with Crippen molar-refractivity contribution in [2.75, 3.05) is 5.73 Å². The number of hydrogen-bond donors (Lipinski definition) is 2. The zero-order valence-corrected chi connectivity index (χ0v) is 9.50. The minimum atomic E-state index is 0.363. The predicted molar refractivity (Wildman–Crippen MR) is 66.9 cm³/mol. The first-order chi connectivity index (χ1) is 8.83. The van der Waals surface area contributed by atoms with Crippen molar-refractivity contribution in [1.29, 1.82) is 0 Å². The maximum atomic E-state index is 5.70. The molecule has 0 radical (unpaired) electrons. The SMILES string of the molecule is Nc1ncnc2nc(OCc3ccccc3)[nH]c12. The van der Waals surface area contributed by atoms with Gasteiger partial charge in [-0.2, -0.15) is 4.98 Å². The van der Waals surface area contributed by atoms with Crippen molar-refractivity contribution in [2.24, 2.45) is 0 Å². The van der Waals surface area contributed by atoms with Gasteiger partial charge in [-0.15, -0.1) is 0 Å². The normalized spacial score (nSPS) is 10.7. The molecule has 0 fully saturated rings. The van der Waals surface area contributed by atoms with Crippen LogP contribution in [0.15, 0.2) is 36.7 Å². The molecule has 2 heterocycles. The highest BCUT2D eigenvalue weighted by Gasteiger charge is 2.07. The summed E-state index contributed by atoms with van der Waals surface area (Å²) in [4.78, 5) is 15.0. The second kappa shape index (κ2) is 4.33. The van der Waals surface area contributed by atoms with E-state index in [2.05, 4.69) is 19.9 Å². The molecule has 0 aliphatic heterocycles. The average molecular weight is 241 g/mol. The van der Waals surface area contributed by atoms with Crippen LogP contribution in [0.25, 0.3) is 11.2 Å². The quantitative estimate of drug-likeness (QED) is 0.725. The summed E-state index contributed by atoms with van der Waals surface area (Å²) in [6, 6.07) is 10.2. The maximum absolute atomic E-state index is 5.70. The summed E-state index contributed by atoms with van der Waals surface area (Å²) in [6.07, 6.45) is 1.37. The number of H-pyrrole nitrogens is 1. The Morgan fingerprint density at radius 2 is 2.00 bits per heavy atom. The number of ether oxygens (including phenoxy) is 1. The van der Waals surface area contributed by atoms with E-state index >= 15 is 0 Å². The van der Waals surface area contributed by atoms with Gasteiger partial charge < -0.3 is 15.5 Å². The summed E-state index contributed by atoms with van der Waals surface area (Å²) in [6.45, 7) is 0.438. The van der Waals surface area contributed by atoms with E-state index in [-0.39, 0.29) is 0 Å². The lowest BCUT2D eigenvalue weighted by Gasteiger charge is -2.01. The predicted octanol–water partition coefficient (Wildman–Crippen LogP) is 1.51. The van der Waals surface area contributed by atoms with Gasteiger partial charge in [0.05, 0.1) is 0 Å². The number of aromatic nitrogens is 4. The first kappa shape index (κ1) is 10.5. The van der Waals surface area contributed by atoms with Crippen molar-refractivity contribution in [1.82, 2.24) is 19.9 Å². The van der Waals surface area contributed by atoms with E-state index in [0.717, 1.165) is 5.56 Å². The third-order valence-electron chi connectivity index (χ3n) is 2.51. The summed E-state index contributed by atoms with van der Waals surface area (Å²) in [5.74, 6) is 0.363. The molecule has 0 unspecified atom stereocenters. The number of nitrogen functional groups attached to an aromatic ring is 1. The molecule has 3 rings (SSSR count). The van der Waals surface area contributed by atoms with Crippen molar-refractivity contribution < 1.29 is 4.74 Å². The van der Waals surface area contributed by atoms with Gasteiger partial charge in [0.15, 0.2) is 11.5 Å². The number of rotatable bonds is 3. The van der Waals surface area contributed by atoms with Crippen LogP contribution in [0.4, 0.5) is 5.82 Å². The number of nitrogens with one attached hydrogen (secondary N) is 1. The van der Waals surface area contributed by atoms with E-state index in [9.17, 15) is 0 Å². The van der Waals surface area contributed by atoms with Crippen LogP contribution in [0.3, 0.4) is 0 Å². The van der Waals surface area contributed by atoms with E-state index < -0.39 is 0 Å². The molecule has 0 saturated carbocycles. The van der Waals surface area contributed by atoms with E-state index in [0.29, 0.717) is 29.6 Å². The van der Waals surface area contributed by atoms with Gasteiger partial charge in [-0.3, -0.25) is 0 Å². The summed E-state index contributed by atoms with van der Waals surface area (Å²) in [7, 11) is 0. The van der Waals surface area contributed by atoms with Gasteiger partial charge in [-0.1, -0.05) is 30.3 Å². The molecule has 0 amide bonds. The van der Waals surface area contributed by atoms with Crippen LogP contribution < -0.4 is 10.5 Å². The van der Waals surface area contributed by atoms with Crippen LogP contribution in [0, 0.1) is 0 Å². The molecule has 0 atom stereocenters. The number of hydrogen-bond acceptors (Lipinski definition) is 5. The van der Waals surface area contributed by atoms with Gasteiger partial charge >= 0.3 is 0 Å². The number of aromatic amines is 1. The van der Waals surface area contributed by atoms with Crippen LogP contribution >= 0.6 is 0 Å². The Morgan fingerprint density at radius 1 is 1.17 bits per heavy atom. The van der Waals surface area contributed by atoms with Gasteiger partial charge in [0, 0.05) is 0 Å². The van der Waals surface area contributed by atoms with E-state index in [1.165, 1.54) is 6.33 Å². The first-order valence-corrected chi connectivity index (χ1v) is 5.46. The van der Waals surface area contributed by atoms with Gasteiger partial charge in [0.25, 0.3) is 6.01 Å². The summed E-state index contributed by atoms with van der Waals surface area (Å²) in [5, 5.41) is 0. The highest BCUT2D eigenvalue weighted by atomic mass is 16.5. The zero-order chi connectivity index (χ0) is 12.4. The van der Waals surface area contributed by atoms with Crippen molar-refractivity contribution in [2.45, 2.75) is 6.61 Å². The Kier molecular flexibility index (Phi) is 2.53. The van der Waals surface area contributed by atoms with E-state index in [1.807, 2.05) is 30.3 Å². The van der Waals surface area contributed by atoms with Crippen molar-refractivity contribution in [3.05, 3.63) is 42.2 Å². The lowest BCUT2D eigenvalue weighted by Crippen LogP contribution is -1.96. The minimum Gasteiger partial charge on any atom is -0.460 e. The molecule has 0 aliphatic carbocycles. The monoisotopic (exact) mass is 241 g/mol. The second-order valence-electron chi connectivity index (χ2n) is 3.77. The third-order valence-corrected chi connectivity index (χ3v) is 2.51. The molecule has 0 saturated heterocycles. The third kappa shape index (κ3) is 1.95. The Balaban J connectivity index is 1.81. The lowest BCUT2D eigenvalue weighted by molar-refractivity contribution is 0.284. The molecule has 0 bridgehead atoms. The molecule has 0 spiro atoms. The van der Waals surface area contributed by atoms with E-state index in [4.69, 9.17) is 10.5 Å². The van der Waals surface area contributed by atoms with Crippen LogP contribution in [0.1, 0.15) is 5.56 Å². The molecule has 90 valence electrons. The average Bonchev–Trinajstić information content (AvgIpc) is 2.82. The Bertz CT molecular complexity index is 665. The minimum absolute atomic E-state index is 0.363. The molecular formula is C12H11N5O. The molecule has 1 aromatic carbocycles. The Labute approximate surface area is 103 Å². The highest BCUT2D eigenvalue weighted by molar-refractivity contribution is 5.81. The van der Waals surface area contributed by atoms with Gasteiger partial charge in [0.2, 0.25) is 0 Å². The van der Waals surface area contributed by atoms with Crippen LogP contribution in [-0.4, -0.2) is 19.9 Å². The number of benzene rings is 1. The number of imidazole rings is 1. The fraction of sp³-hybridized carbons (Fsp3) is 0.0833. The van der Waals surface area contributed by atoms with Crippen LogP contribution in [0.5, 0.6) is 6.01 Å². The molecule has 0 aliphatic rings. The molecule has 6 nitrogen and oxygen atoms in total. The molecule has 6 heteroatoms. The molecule has 3 N–H and O–H groups in total. The van der Waals surface area contributed by atoms with Crippen molar-refractivity contribution >= 4 is 17.0 Å². The number of nitrogens with two attached hydrogens (primary N) is 1. The topological polar surface area (TPSA) is 89.7 Å². The van der Waals surface area contributed by atoms with Gasteiger partial charge in [-0.25, -0.2) is 9.97 Å².